The number of carbonyl (C=O) groups is 1. The third-order valence-corrected chi connectivity index (χ3v) is 4.14. The van der Waals surface area contributed by atoms with Crippen LogP contribution in [-0.4, -0.2) is 61.1 Å². The first-order chi connectivity index (χ1) is 8.33. The maximum Gasteiger partial charge on any atom is 0.226 e. The van der Waals surface area contributed by atoms with Crippen LogP contribution in [0.1, 0.15) is 25.7 Å². The molecule has 4 nitrogen and oxygen atoms in total. The van der Waals surface area contributed by atoms with Gasteiger partial charge < -0.3 is 9.64 Å². The molecule has 3 saturated heterocycles. The lowest BCUT2D eigenvalue weighted by atomic mass is 9.96. The molecule has 0 spiro atoms. The Morgan fingerprint density at radius 2 is 1.94 bits per heavy atom. The highest BCUT2D eigenvalue weighted by Gasteiger charge is 2.33. The van der Waals surface area contributed by atoms with Gasteiger partial charge in [0.2, 0.25) is 5.91 Å². The molecule has 0 N–H and O–H groups in total. The molecule has 0 unspecified atom stereocenters. The van der Waals surface area contributed by atoms with Crippen LogP contribution in [0.15, 0.2) is 0 Å². The van der Waals surface area contributed by atoms with Gasteiger partial charge in [0, 0.05) is 26.2 Å². The highest BCUT2D eigenvalue weighted by Crippen LogP contribution is 2.23. The smallest absolute Gasteiger partial charge is 0.226 e. The van der Waals surface area contributed by atoms with Crippen molar-refractivity contribution in [2.24, 2.45) is 5.92 Å². The second kappa shape index (κ2) is 4.94. The predicted octanol–water partition coefficient (Wildman–Crippen LogP) is 0.720. The predicted molar refractivity (Wildman–Crippen MR) is 64.7 cm³/mol. The van der Waals surface area contributed by atoms with Crippen LogP contribution in [0.5, 0.6) is 0 Å². The molecule has 0 aromatic carbocycles. The molecule has 1 amide bonds. The molecule has 0 aromatic heterocycles. The van der Waals surface area contributed by atoms with Crippen LogP contribution in [0.4, 0.5) is 0 Å². The van der Waals surface area contributed by atoms with Gasteiger partial charge in [0.05, 0.1) is 18.6 Å². The Bertz CT molecular complexity index is 285. The molecule has 17 heavy (non-hydrogen) atoms. The quantitative estimate of drug-likeness (QED) is 0.680. The summed E-state index contributed by atoms with van der Waals surface area (Å²) in [7, 11) is 0. The van der Waals surface area contributed by atoms with E-state index < -0.39 is 0 Å². The summed E-state index contributed by atoms with van der Waals surface area (Å²) in [6.07, 6.45) is 5.08. The number of amides is 1. The fraction of sp³-hybridized carbons (Fsp3) is 0.923. The molecule has 3 aliphatic rings. The number of epoxide rings is 1. The second-order valence-corrected chi connectivity index (χ2v) is 5.59. The fourth-order valence-electron chi connectivity index (χ4n) is 3.08. The minimum absolute atomic E-state index is 0.251. The standard InChI is InChI=1S/C13H22N2O2/c16-13(15-6-1-2-7-15)11-4-3-5-14(8-11)9-12-10-17-12/h11-12H,1-10H2/t11-,12+/m0/s1. The topological polar surface area (TPSA) is 36.1 Å². The van der Waals surface area contributed by atoms with Crippen LogP contribution < -0.4 is 0 Å². The molecule has 0 aromatic rings. The molecule has 3 aliphatic heterocycles. The van der Waals surface area contributed by atoms with Gasteiger partial charge in [-0.15, -0.1) is 0 Å². The van der Waals surface area contributed by atoms with Gasteiger partial charge >= 0.3 is 0 Å². The molecular formula is C13H22N2O2. The van der Waals surface area contributed by atoms with Gasteiger partial charge in [-0.1, -0.05) is 0 Å². The monoisotopic (exact) mass is 238 g/mol. The fourth-order valence-corrected chi connectivity index (χ4v) is 3.08. The van der Waals surface area contributed by atoms with Gasteiger partial charge in [-0.3, -0.25) is 9.69 Å². The molecule has 0 saturated carbocycles. The lowest BCUT2D eigenvalue weighted by Crippen LogP contribution is -2.45. The molecule has 3 heterocycles. The third kappa shape index (κ3) is 2.80. The number of ether oxygens (including phenoxy) is 1. The molecule has 3 fully saturated rings. The maximum absolute atomic E-state index is 12.3. The van der Waals surface area contributed by atoms with Crippen molar-refractivity contribution in [2.75, 3.05) is 39.3 Å². The molecule has 96 valence electrons. The zero-order valence-electron chi connectivity index (χ0n) is 10.4. The zero-order chi connectivity index (χ0) is 11.7. The van der Waals surface area contributed by atoms with E-state index >= 15 is 0 Å². The first kappa shape index (κ1) is 11.5. The van der Waals surface area contributed by atoms with E-state index in [0.29, 0.717) is 12.0 Å². The van der Waals surface area contributed by atoms with Gasteiger partial charge in [-0.05, 0) is 32.2 Å². The number of carbonyl (C=O) groups excluding carboxylic acids is 1. The summed E-state index contributed by atoms with van der Waals surface area (Å²) in [6, 6.07) is 0. The largest absolute Gasteiger partial charge is 0.372 e. The molecule has 0 aliphatic carbocycles. The summed E-state index contributed by atoms with van der Waals surface area (Å²) in [6.45, 7) is 6.02. The van der Waals surface area contributed by atoms with Crippen molar-refractivity contribution in [1.82, 2.24) is 9.80 Å². The third-order valence-electron chi connectivity index (χ3n) is 4.14. The lowest BCUT2D eigenvalue weighted by molar-refractivity contribution is -0.136. The van der Waals surface area contributed by atoms with Crippen molar-refractivity contribution < 1.29 is 9.53 Å². The first-order valence-electron chi connectivity index (χ1n) is 6.95. The number of hydrogen-bond donors (Lipinski definition) is 0. The van der Waals surface area contributed by atoms with Crippen LogP contribution in [0.25, 0.3) is 0 Å². The minimum atomic E-state index is 0.251. The summed E-state index contributed by atoms with van der Waals surface area (Å²) in [5.41, 5.74) is 0. The highest BCUT2D eigenvalue weighted by atomic mass is 16.6. The van der Waals surface area contributed by atoms with Gasteiger partial charge in [0.25, 0.3) is 0 Å². The van der Waals surface area contributed by atoms with E-state index in [1.807, 2.05) is 0 Å². The Labute approximate surface area is 103 Å². The van der Waals surface area contributed by atoms with E-state index in [2.05, 4.69) is 9.80 Å². The molecule has 0 radical (unpaired) electrons. The van der Waals surface area contributed by atoms with Crippen molar-refractivity contribution in [2.45, 2.75) is 31.8 Å². The summed E-state index contributed by atoms with van der Waals surface area (Å²) < 4.78 is 5.27. The van der Waals surface area contributed by atoms with Crippen LogP contribution in [0, 0.1) is 5.92 Å². The first-order valence-corrected chi connectivity index (χ1v) is 6.95. The highest BCUT2D eigenvalue weighted by molar-refractivity contribution is 5.79. The molecule has 2 atom stereocenters. The second-order valence-electron chi connectivity index (χ2n) is 5.59. The lowest BCUT2D eigenvalue weighted by Gasteiger charge is -2.33. The van der Waals surface area contributed by atoms with Crippen LogP contribution in [-0.2, 0) is 9.53 Å². The number of piperidine rings is 1. The Morgan fingerprint density at radius 3 is 2.65 bits per heavy atom. The van der Waals surface area contributed by atoms with E-state index in [0.717, 1.165) is 52.2 Å². The Hall–Kier alpha value is -0.610. The number of hydrogen-bond acceptors (Lipinski definition) is 3. The van der Waals surface area contributed by atoms with Crippen LogP contribution in [0.3, 0.4) is 0 Å². The van der Waals surface area contributed by atoms with Gasteiger partial charge in [0.15, 0.2) is 0 Å². The number of rotatable bonds is 3. The van der Waals surface area contributed by atoms with E-state index in [4.69, 9.17) is 4.74 Å². The normalized spacial score (nSPS) is 34.0. The van der Waals surface area contributed by atoms with Crippen molar-refractivity contribution in [1.29, 1.82) is 0 Å². The molecule has 0 bridgehead atoms. The average molecular weight is 238 g/mol. The van der Waals surface area contributed by atoms with E-state index in [1.54, 1.807) is 0 Å². The van der Waals surface area contributed by atoms with Crippen molar-refractivity contribution in [3.63, 3.8) is 0 Å². The Kier molecular flexibility index (Phi) is 3.34. The van der Waals surface area contributed by atoms with Gasteiger partial charge in [-0.25, -0.2) is 0 Å². The van der Waals surface area contributed by atoms with Crippen molar-refractivity contribution >= 4 is 5.91 Å². The Balaban J connectivity index is 1.52. The minimum Gasteiger partial charge on any atom is -0.372 e. The number of likely N-dealkylation sites (tertiary alicyclic amines) is 2. The summed E-state index contributed by atoms with van der Waals surface area (Å²) in [4.78, 5) is 16.8. The van der Waals surface area contributed by atoms with Gasteiger partial charge in [0.1, 0.15) is 0 Å². The van der Waals surface area contributed by atoms with Gasteiger partial charge in [-0.2, -0.15) is 0 Å². The van der Waals surface area contributed by atoms with Crippen LogP contribution in [0.2, 0.25) is 0 Å². The zero-order valence-corrected chi connectivity index (χ0v) is 10.4. The van der Waals surface area contributed by atoms with E-state index in [9.17, 15) is 4.79 Å². The molecule has 4 heteroatoms. The summed E-state index contributed by atoms with van der Waals surface area (Å²) in [5.74, 6) is 0.657. The van der Waals surface area contributed by atoms with E-state index in [-0.39, 0.29) is 5.92 Å². The molecular weight excluding hydrogens is 216 g/mol. The number of nitrogens with zero attached hydrogens (tertiary/aromatic N) is 2. The van der Waals surface area contributed by atoms with Crippen molar-refractivity contribution in [3.8, 4) is 0 Å². The maximum atomic E-state index is 12.3. The Morgan fingerprint density at radius 1 is 1.18 bits per heavy atom. The summed E-state index contributed by atoms with van der Waals surface area (Å²) >= 11 is 0. The molecule has 3 rings (SSSR count). The SMILES string of the molecule is O=C([C@H]1CCCN(C[C@@H]2CO2)C1)N1CCCC1. The average Bonchev–Trinajstić information content (AvgIpc) is 2.99. The van der Waals surface area contributed by atoms with Crippen molar-refractivity contribution in [3.05, 3.63) is 0 Å². The summed E-state index contributed by atoms with van der Waals surface area (Å²) in [5, 5.41) is 0. The van der Waals surface area contributed by atoms with Crippen LogP contribution >= 0.6 is 0 Å². The van der Waals surface area contributed by atoms with E-state index in [1.165, 1.54) is 12.8 Å².